The number of nitrogens with one attached hydrogen (secondary N) is 3. The smallest absolute Gasteiger partial charge is 0.326 e. The number of carboxylic acid groups (broad SMARTS) is 1. The Kier molecular flexibility index (Phi) is 13.2. The van der Waals surface area contributed by atoms with Gasteiger partial charge in [-0.2, -0.15) is 12.6 Å². The first kappa shape index (κ1) is 27.1. The van der Waals surface area contributed by atoms with Crippen LogP contribution in [-0.2, 0) is 19.2 Å². The van der Waals surface area contributed by atoms with Crippen molar-refractivity contribution in [2.75, 3.05) is 18.9 Å². The molecule has 0 fully saturated rings. The third kappa shape index (κ3) is 9.92. The van der Waals surface area contributed by atoms with Crippen molar-refractivity contribution in [2.24, 2.45) is 17.4 Å². The summed E-state index contributed by atoms with van der Waals surface area (Å²) < 4.78 is 0. The zero-order chi connectivity index (χ0) is 22.6. The number of carbonyl (C=O) groups excluding carboxylic acids is 3. The van der Waals surface area contributed by atoms with Crippen molar-refractivity contribution in [3.8, 4) is 0 Å². The molecule has 4 unspecified atom stereocenters. The van der Waals surface area contributed by atoms with Crippen LogP contribution in [-0.4, -0.2) is 77.0 Å². The van der Waals surface area contributed by atoms with Crippen molar-refractivity contribution in [3.05, 3.63) is 0 Å². The molecule has 0 aliphatic rings. The summed E-state index contributed by atoms with van der Waals surface area (Å²) in [7, 11) is 0. The summed E-state index contributed by atoms with van der Waals surface area (Å²) in [6.07, 6.45) is 1.32. The standard InChI is InChI=1S/C17H33N5O6S/c1-9(2)13(17(27)28)22-15(25)11(5-3-4-6-18)20-16(26)12(7-23)21-14(24)10(19)8-29/h9-13,23,29H,3-8,18-19H2,1-2H3,(H,20,26)(H,21,24)(H,22,25)(H,27,28). The van der Waals surface area contributed by atoms with Gasteiger partial charge >= 0.3 is 5.97 Å². The van der Waals surface area contributed by atoms with Crippen LogP contribution in [0.3, 0.4) is 0 Å². The lowest BCUT2D eigenvalue weighted by atomic mass is 10.0. The molecule has 0 heterocycles. The molecule has 168 valence electrons. The van der Waals surface area contributed by atoms with Gasteiger partial charge in [-0.15, -0.1) is 0 Å². The Labute approximate surface area is 175 Å². The molecule has 0 saturated carbocycles. The van der Waals surface area contributed by atoms with Crippen LogP contribution < -0.4 is 27.4 Å². The first-order valence-corrected chi connectivity index (χ1v) is 10.0. The van der Waals surface area contributed by atoms with E-state index in [1.54, 1.807) is 13.8 Å². The predicted octanol–water partition coefficient (Wildman–Crippen LogP) is -2.44. The molecule has 0 aliphatic heterocycles. The summed E-state index contributed by atoms with van der Waals surface area (Å²) in [4.78, 5) is 48.2. The fourth-order valence-electron chi connectivity index (χ4n) is 2.36. The van der Waals surface area contributed by atoms with Gasteiger partial charge in [0.1, 0.15) is 18.1 Å². The third-order valence-electron chi connectivity index (χ3n) is 4.16. The minimum atomic E-state index is -1.32. The summed E-state index contributed by atoms with van der Waals surface area (Å²) in [6, 6.07) is -4.47. The number of nitrogens with two attached hydrogens (primary N) is 2. The van der Waals surface area contributed by atoms with Gasteiger partial charge in [-0.25, -0.2) is 4.79 Å². The number of aliphatic carboxylic acids is 1. The van der Waals surface area contributed by atoms with Crippen LogP contribution in [0.4, 0.5) is 0 Å². The van der Waals surface area contributed by atoms with Crippen molar-refractivity contribution in [1.82, 2.24) is 16.0 Å². The number of thiol groups is 1. The highest BCUT2D eigenvalue weighted by atomic mass is 32.1. The van der Waals surface area contributed by atoms with Gasteiger partial charge in [0.15, 0.2) is 0 Å². The number of carboxylic acids is 1. The number of carbonyl (C=O) groups is 4. The van der Waals surface area contributed by atoms with E-state index in [2.05, 4.69) is 28.6 Å². The average Bonchev–Trinajstić information content (AvgIpc) is 2.67. The Morgan fingerprint density at radius 2 is 1.52 bits per heavy atom. The molecular weight excluding hydrogens is 402 g/mol. The number of hydrogen-bond donors (Lipinski definition) is 8. The molecule has 0 aromatic carbocycles. The molecule has 11 nitrogen and oxygen atoms in total. The van der Waals surface area contributed by atoms with E-state index in [9.17, 15) is 29.4 Å². The van der Waals surface area contributed by atoms with E-state index in [-0.39, 0.29) is 18.1 Å². The second-order valence-electron chi connectivity index (χ2n) is 6.95. The number of aliphatic hydroxyl groups excluding tert-OH is 1. The number of amides is 3. The molecule has 12 heteroatoms. The molecule has 0 bridgehead atoms. The highest BCUT2D eigenvalue weighted by Crippen LogP contribution is 2.06. The molecule has 9 N–H and O–H groups in total. The largest absolute Gasteiger partial charge is 0.480 e. The van der Waals surface area contributed by atoms with Crippen LogP contribution in [0.15, 0.2) is 0 Å². The Morgan fingerprint density at radius 1 is 0.966 bits per heavy atom. The third-order valence-corrected chi connectivity index (χ3v) is 4.55. The van der Waals surface area contributed by atoms with Crippen molar-refractivity contribution in [3.63, 3.8) is 0 Å². The summed E-state index contributed by atoms with van der Waals surface area (Å²) >= 11 is 3.89. The molecule has 0 aliphatic carbocycles. The molecule has 29 heavy (non-hydrogen) atoms. The lowest BCUT2D eigenvalue weighted by molar-refractivity contribution is -0.143. The maximum absolute atomic E-state index is 12.6. The minimum Gasteiger partial charge on any atom is -0.480 e. The van der Waals surface area contributed by atoms with Gasteiger partial charge in [-0.05, 0) is 31.7 Å². The normalized spacial score (nSPS) is 15.1. The monoisotopic (exact) mass is 435 g/mol. The van der Waals surface area contributed by atoms with Gasteiger partial charge in [-0.3, -0.25) is 14.4 Å². The number of rotatable bonds is 14. The molecule has 0 aromatic rings. The predicted molar refractivity (Wildman–Crippen MR) is 110 cm³/mol. The summed E-state index contributed by atoms with van der Waals surface area (Å²) in [5.41, 5.74) is 11.0. The Hall–Kier alpha value is -1.89. The van der Waals surface area contributed by atoms with Gasteiger partial charge < -0.3 is 37.6 Å². The second kappa shape index (κ2) is 14.1. The van der Waals surface area contributed by atoms with Crippen LogP contribution in [0.25, 0.3) is 0 Å². The van der Waals surface area contributed by atoms with E-state index < -0.39 is 54.5 Å². The number of hydrogen-bond acceptors (Lipinski definition) is 8. The molecule has 3 amide bonds. The maximum atomic E-state index is 12.6. The van der Waals surface area contributed by atoms with Crippen LogP contribution in [0.2, 0.25) is 0 Å². The lowest BCUT2D eigenvalue weighted by Crippen LogP contribution is -2.58. The zero-order valence-electron chi connectivity index (χ0n) is 16.8. The molecular formula is C17H33N5O6S. The molecule has 0 radical (unpaired) electrons. The minimum absolute atomic E-state index is 0.0432. The fraction of sp³-hybridized carbons (Fsp3) is 0.765. The number of aliphatic hydroxyl groups is 1. The van der Waals surface area contributed by atoms with E-state index in [0.29, 0.717) is 19.4 Å². The highest BCUT2D eigenvalue weighted by Gasteiger charge is 2.30. The zero-order valence-corrected chi connectivity index (χ0v) is 17.7. The molecule has 0 spiro atoms. The molecule has 0 saturated heterocycles. The second-order valence-corrected chi connectivity index (χ2v) is 7.31. The maximum Gasteiger partial charge on any atom is 0.326 e. The Balaban J connectivity index is 5.23. The van der Waals surface area contributed by atoms with Gasteiger partial charge in [0, 0.05) is 5.75 Å². The van der Waals surface area contributed by atoms with Crippen molar-refractivity contribution < 1.29 is 29.4 Å². The summed E-state index contributed by atoms with van der Waals surface area (Å²) in [5.74, 6) is -3.67. The lowest BCUT2D eigenvalue weighted by Gasteiger charge is -2.25. The summed E-state index contributed by atoms with van der Waals surface area (Å²) in [6.45, 7) is 2.97. The SMILES string of the molecule is CC(C)C(NC(=O)C(CCCCN)NC(=O)C(CO)NC(=O)C(N)CS)C(=O)O. The quantitative estimate of drug-likeness (QED) is 0.109. The van der Waals surface area contributed by atoms with E-state index in [1.807, 2.05) is 0 Å². The van der Waals surface area contributed by atoms with E-state index in [0.717, 1.165) is 0 Å². The van der Waals surface area contributed by atoms with Gasteiger partial charge in [0.25, 0.3) is 0 Å². The van der Waals surface area contributed by atoms with Crippen LogP contribution >= 0.6 is 12.6 Å². The van der Waals surface area contributed by atoms with Gasteiger partial charge in [0.2, 0.25) is 17.7 Å². The highest BCUT2D eigenvalue weighted by molar-refractivity contribution is 7.80. The topological polar surface area (TPSA) is 197 Å². The first-order valence-electron chi connectivity index (χ1n) is 9.40. The first-order chi connectivity index (χ1) is 13.6. The van der Waals surface area contributed by atoms with Gasteiger partial charge in [-0.1, -0.05) is 13.8 Å². The van der Waals surface area contributed by atoms with E-state index in [4.69, 9.17) is 11.5 Å². The van der Waals surface area contributed by atoms with Crippen LogP contribution in [0, 0.1) is 5.92 Å². The van der Waals surface area contributed by atoms with Crippen LogP contribution in [0.5, 0.6) is 0 Å². The Morgan fingerprint density at radius 3 is 1.97 bits per heavy atom. The van der Waals surface area contributed by atoms with Crippen molar-refractivity contribution in [1.29, 1.82) is 0 Å². The van der Waals surface area contributed by atoms with Crippen LogP contribution in [0.1, 0.15) is 33.1 Å². The average molecular weight is 436 g/mol. The van der Waals surface area contributed by atoms with E-state index in [1.165, 1.54) is 0 Å². The molecule has 4 atom stereocenters. The van der Waals surface area contributed by atoms with Crippen molar-refractivity contribution in [2.45, 2.75) is 57.3 Å². The van der Waals surface area contributed by atoms with E-state index >= 15 is 0 Å². The fourth-order valence-corrected chi connectivity index (χ4v) is 2.52. The molecule has 0 aromatic heterocycles. The molecule has 0 rings (SSSR count). The van der Waals surface area contributed by atoms with Crippen molar-refractivity contribution >= 4 is 36.3 Å². The van der Waals surface area contributed by atoms with Gasteiger partial charge in [0.05, 0.1) is 12.6 Å². The summed E-state index contributed by atoms with van der Waals surface area (Å²) in [5, 5.41) is 25.8. The number of unbranched alkanes of at least 4 members (excludes halogenated alkanes) is 1. The Bertz CT molecular complexity index is 562.